The molecule has 96 valence electrons. The zero-order valence-electron chi connectivity index (χ0n) is 11.0. The molecule has 0 aliphatic heterocycles. The number of carbonyl (C=O) groups is 1. The van der Waals surface area contributed by atoms with Crippen molar-refractivity contribution in [2.45, 2.75) is 52.9 Å². The highest BCUT2D eigenvalue weighted by molar-refractivity contribution is 5.69. The van der Waals surface area contributed by atoms with Crippen LogP contribution in [-0.2, 0) is 4.79 Å². The molecule has 0 amide bonds. The molecule has 0 saturated carbocycles. The Labute approximate surface area is 99.8 Å². The van der Waals surface area contributed by atoms with Gasteiger partial charge < -0.3 is 5.11 Å². The standard InChI is InChI=1S/C13H27NO2/c1-4-6-7-9-14(11-13(15)16)10-8-12(3)5-2/h12H,4-11H2,1-3H3,(H,15,16). The van der Waals surface area contributed by atoms with Crippen molar-refractivity contribution in [3.05, 3.63) is 0 Å². The molecule has 16 heavy (non-hydrogen) atoms. The van der Waals surface area contributed by atoms with Crippen LogP contribution in [0.15, 0.2) is 0 Å². The largest absolute Gasteiger partial charge is 0.480 e. The lowest BCUT2D eigenvalue weighted by Crippen LogP contribution is -2.32. The quantitative estimate of drug-likeness (QED) is 0.585. The van der Waals surface area contributed by atoms with Gasteiger partial charge in [0.05, 0.1) is 6.54 Å². The average molecular weight is 229 g/mol. The van der Waals surface area contributed by atoms with Gasteiger partial charge in [0.25, 0.3) is 0 Å². The fraction of sp³-hybridized carbons (Fsp3) is 0.923. The number of carboxylic acids is 1. The molecule has 0 aliphatic rings. The van der Waals surface area contributed by atoms with Gasteiger partial charge >= 0.3 is 5.97 Å². The van der Waals surface area contributed by atoms with Gasteiger partial charge in [0, 0.05) is 0 Å². The fourth-order valence-corrected chi connectivity index (χ4v) is 1.65. The Bertz CT molecular complexity index is 183. The van der Waals surface area contributed by atoms with Gasteiger partial charge in [0.1, 0.15) is 0 Å². The van der Waals surface area contributed by atoms with E-state index >= 15 is 0 Å². The van der Waals surface area contributed by atoms with E-state index in [0.29, 0.717) is 5.92 Å². The molecule has 3 heteroatoms. The minimum Gasteiger partial charge on any atom is -0.480 e. The predicted molar refractivity (Wildman–Crippen MR) is 67.7 cm³/mol. The molecule has 0 rings (SSSR count). The van der Waals surface area contributed by atoms with Crippen molar-refractivity contribution in [1.82, 2.24) is 4.90 Å². The molecule has 1 N–H and O–H groups in total. The lowest BCUT2D eigenvalue weighted by molar-refractivity contribution is -0.138. The average Bonchev–Trinajstić information content (AvgIpc) is 2.24. The summed E-state index contributed by atoms with van der Waals surface area (Å²) < 4.78 is 0. The number of carboxylic acid groups (broad SMARTS) is 1. The van der Waals surface area contributed by atoms with E-state index in [0.717, 1.165) is 25.9 Å². The molecular weight excluding hydrogens is 202 g/mol. The Morgan fingerprint density at radius 3 is 2.44 bits per heavy atom. The number of aliphatic carboxylic acids is 1. The molecule has 1 unspecified atom stereocenters. The molecule has 0 aromatic rings. The summed E-state index contributed by atoms with van der Waals surface area (Å²) in [5, 5.41) is 8.82. The van der Waals surface area contributed by atoms with Crippen LogP contribution >= 0.6 is 0 Å². The van der Waals surface area contributed by atoms with Crippen molar-refractivity contribution in [3.63, 3.8) is 0 Å². The van der Waals surface area contributed by atoms with Gasteiger partial charge in [-0.3, -0.25) is 9.69 Å². The molecule has 0 heterocycles. The van der Waals surface area contributed by atoms with Crippen molar-refractivity contribution >= 4 is 5.97 Å². The van der Waals surface area contributed by atoms with Gasteiger partial charge in [0.2, 0.25) is 0 Å². The molecule has 0 saturated heterocycles. The Hall–Kier alpha value is -0.570. The molecule has 0 spiro atoms. The maximum absolute atomic E-state index is 10.7. The van der Waals surface area contributed by atoms with E-state index in [-0.39, 0.29) is 6.54 Å². The summed E-state index contributed by atoms with van der Waals surface area (Å²) in [6.45, 7) is 8.62. The summed E-state index contributed by atoms with van der Waals surface area (Å²) in [4.78, 5) is 12.8. The molecule has 0 aromatic carbocycles. The number of hydrogen-bond donors (Lipinski definition) is 1. The number of unbranched alkanes of at least 4 members (excludes halogenated alkanes) is 2. The van der Waals surface area contributed by atoms with Crippen LogP contribution in [0.2, 0.25) is 0 Å². The van der Waals surface area contributed by atoms with E-state index in [1.165, 1.54) is 19.3 Å². The van der Waals surface area contributed by atoms with Crippen LogP contribution in [0, 0.1) is 5.92 Å². The van der Waals surface area contributed by atoms with Gasteiger partial charge in [-0.05, 0) is 31.8 Å². The van der Waals surface area contributed by atoms with Crippen molar-refractivity contribution in [3.8, 4) is 0 Å². The molecule has 0 fully saturated rings. The van der Waals surface area contributed by atoms with Crippen LogP contribution in [0.3, 0.4) is 0 Å². The van der Waals surface area contributed by atoms with E-state index in [1.807, 2.05) is 0 Å². The van der Waals surface area contributed by atoms with Crippen LogP contribution in [0.4, 0.5) is 0 Å². The second-order valence-corrected chi connectivity index (χ2v) is 4.68. The van der Waals surface area contributed by atoms with E-state index in [1.54, 1.807) is 0 Å². The lowest BCUT2D eigenvalue weighted by atomic mass is 10.1. The van der Waals surface area contributed by atoms with Crippen LogP contribution in [0.1, 0.15) is 52.9 Å². The predicted octanol–water partition coefficient (Wildman–Crippen LogP) is 3.00. The highest BCUT2D eigenvalue weighted by Gasteiger charge is 2.10. The third-order valence-electron chi connectivity index (χ3n) is 3.07. The Morgan fingerprint density at radius 1 is 1.25 bits per heavy atom. The van der Waals surface area contributed by atoms with E-state index < -0.39 is 5.97 Å². The first kappa shape index (κ1) is 15.4. The first-order valence-corrected chi connectivity index (χ1v) is 6.54. The summed E-state index contributed by atoms with van der Waals surface area (Å²) in [6, 6.07) is 0. The third-order valence-corrected chi connectivity index (χ3v) is 3.07. The number of hydrogen-bond acceptors (Lipinski definition) is 2. The summed E-state index contributed by atoms with van der Waals surface area (Å²) in [5.74, 6) is -0.0110. The van der Waals surface area contributed by atoms with E-state index in [2.05, 4.69) is 25.7 Å². The van der Waals surface area contributed by atoms with E-state index in [9.17, 15) is 4.79 Å². The molecule has 1 atom stereocenters. The maximum Gasteiger partial charge on any atom is 0.317 e. The van der Waals surface area contributed by atoms with Crippen LogP contribution in [-0.4, -0.2) is 35.6 Å². The monoisotopic (exact) mass is 229 g/mol. The van der Waals surface area contributed by atoms with E-state index in [4.69, 9.17) is 5.11 Å². The Balaban J connectivity index is 3.85. The number of nitrogens with zero attached hydrogens (tertiary/aromatic N) is 1. The highest BCUT2D eigenvalue weighted by atomic mass is 16.4. The van der Waals surface area contributed by atoms with Crippen LogP contribution in [0.5, 0.6) is 0 Å². The van der Waals surface area contributed by atoms with Gasteiger partial charge in [-0.1, -0.05) is 40.0 Å². The summed E-state index contributed by atoms with van der Waals surface area (Å²) in [7, 11) is 0. The molecular formula is C13H27NO2. The smallest absolute Gasteiger partial charge is 0.317 e. The fourth-order valence-electron chi connectivity index (χ4n) is 1.65. The van der Waals surface area contributed by atoms with Crippen molar-refractivity contribution in [2.24, 2.45) is 5.92 Å². The molecule has 0 bridgehead atoms. The summed E-state index contributed by atoms with van der Waals surface area (Å²) in [5.41, 5.74) is 0. The molecule has 3 nitrogen and oxygen atoms in total. The lowest BCUT2D eigenvalue weighted by Gasteiger charge is -2.21. The second kappa shape index (κ2) is 9.64. The summed E-state index contributed by atoms with van der Waals surface area (Å²) in [6.07, 6.45) is 5.78. The van der Waals surface area contributed by atoms with Gasteiger partial charge in [0.15, 0.2) is 0 Å². The van der Waals surface area contributed by atoms with Crippen molar-refractivity contribution in [1.29, 1.82) is 0 Å². The van der Waals surface area contributed by atoms with Crippen molar-refractivity contribution in [2.75, 3.05) is 19.6 Å². The summed E-state index contributed by atoms with van der Waals surface area (Å²) >= 11 is 0. The minimum atomic E-state index is -0.708. The Kier molecular flexibility index (Phi) is 9.30. The second-order valence-electron chi connectivity index (χ2n) is 4.68. The zero-order chi connectivity index (χ0) is 12.4. The number of rotatable bonds is 10. The molecule has 0 radical (unpaired) electrons. The van der Waals surface area contributed by atoms with Crippen LogP contribution in [0.25, 0.3) is 0 Å². The molecule has 0 aliphatic carbocycles. The van der Waals surface area contributed by atoms with Gasteiger partial charge in [-0.15, -0.1) is 0 Å². The first-order valence-electron chi connectivity index (χ1n) is 6.54. The van der Waals surface area contributed by atoms with Gasteiger partial charge in [-0.25, -0.2) is 0 Å². The van der Waals surface area contributed by atoms with Crippen LogP contribution < -0.4 is 0 Å². The molecule has 0 aromatic heterocycles. The highest BCUT2D eigenvalue weighted by Crippen LogP contribution is 2.08. The maximum atomic E-state index is 10.7. The minimum absolute atomic E-state index is 0.195. The Morgan fingerprint density at radius 2 is 1.94 bits per heavy atom. The normalized spacial score (nSPS) is 13.0. The topological polar surface area (TPSA) is 40.5 Å². The van der Waals surface area contributed by atoms with Crippen molar-refractivity contribution < 1.29 is 9.90 Å². The van der Waals surface area contributed by atoms with Gasteiger partial charge in [-0.2, -0.15) is 0 Å². The third kappa shape index (κ3) is 8.72. The zero-order valence-corrected chi connectivity index (χ0v) is 11.0. The SMILES string of the molecule is CCCCCN(CCC(C)CC)CC(=O)O. The first-order chi connectivity index (χ1) is 7.60.